The van der Waals surface area contributed by atoms with E-state index in [-0.39, 0.29) is 17.6 Å². The Kier molecular flexibility index (Phi) is 3.58. The number of hydrogen-bond donors (Lipinski definition) is 3. The van der Waals surface area contributed by atoms with E-state index < -0.39 is 0 Å². The number of phenols is 1. The van der Waals surface area contributed by atoms with E-state index in [0.717, 1.165) is 28.7 Å². The van der Waals surface area contributed by atoms with Crippen LogP contribution in [0.4, 0.5) is 11.4 Å². The summed E-state index contributed by atoms with van der Waals surface area (Å²) in [5, 5.41) is 17.9. The normalized spacial score (nSPS) is 15.8. The van der Waals surface area contributed by atoms with Crippen molar-refractivity contribution in [1.29, 1.82) is 0 Å². The maximum absolute atomic E-state index is 12.5. The lowest BCUT2D eigenvalue weighted by molar-refractivity contribution is -0.116. The van der Waals surface area contributed by atoms with Crippen LogP contribution < -0.4 is 10.6 Å². The van der Waals surface area contributed by atoms with E-state index in [0.29, 0.717) is 6.42 Å². The number of hydrogen-bond acceptors (Lipinski definition) is 3. The Hall–Kier alpha value is -3.01. The largest absolute Gasteiger partial charge is 0.508 e. The van der Waals surface area contributed by atoms with Gasteiger partial charge in [0.1, 0.15) is 5.75 Å². The van der Waals surface area contributed by atoms with Crippen LogP contribution in [0, 0.1) is 0 Å². The average molecular weight is 318 g/mol. The molecule has 24 heavy (non-hydrogen) atoms. The van der Waals surface area contributed by atoms with Gasteiger partial charge >= 0.3 is 0 Å². The molecule has 0 saturated carbocycles. The molecular formula is C20H18N2O2. The van der Waals surface area contributed by atoms with Gasteiger partial charge in [0.25, 0.3) is 0 Å². The first-order valence-corrected chi connectivity index (χ1v) is 8.05. The van der Waals surface area contributed by atoms with E-state index in [1.54, 1.807) is 12.1 Å². The highest BCUT2D eigenvalue weighted by Gasteiger charge is 2.24. The highest BCUT2D eigenvalue weighted by Crippen LogP contribution is 2.34. The summed E-state index contributed by atoms with van der Waals surface area (Å²) in [5.41, 5.74) is 3.04. The number of benzene rings is 3. The Morgan fingerprint density at radius 1 is 1.12 bits per heavy atom. The molecule has 120 valence electrons. The quantitative estimate of drug-likeness (QED) is 0.682. The molecule has 0 radical (unpaired) electrons. The molecule has 1 aliphatic rings. The van der Waals surface area contributed by atoms with Crippen molar-refractivity contribution in [2.24, 2.45) is 0 Å². The third-order valence-electron chi connectivity index (χ3n) is 4.51. The highest BCUT2D eigenvalue weighted by molar-refractivity contribution is 6.02. The van der Waals surface area contributed by atoms with Gasteiger partial charge in [-0.2, -0.15) is 0 Å². The summed E-state index contributed by atoms with van der Waals surface area (Å²) in [7, 11) is 0. The summed E-state index contributed by atoms with van der Waals surface area (Å²) in [6, 6.07) is 19.0. The molecule has 3 aromatic rings. The number of carbonyl (C=O) groups is 1. The Morgan fingerprint density at radius 2 is 2.00 bits per heavy atom. The molecule has 1 aliphatic heterocycles. The number of phenolic OH excluding ortho intramolecular Hbond substituents is 1. The highest BCUT2D eigenvalue weighted by atomic mass is 16.3. The lowest BCUT2D eigenvalue weighted by Crippen LogP contribution is -2.16. The summed E-state index contributed by atoms with van der Waals surface area (Å²) in [5.74, 6) is 0.358. The number of fused-ring (bicyclic) bond motifs is 2. The summed E-state index contributed by atoms with van der Waals surface area (Å²) < 4.78 is 0. The van der Waals surface area contributed by atoms with Crippen LogP contribution in [0.15, 0.2) is 60.7 Å². The summed E-state index contributed by atoms with van der Waals surface area (Å²) >= 11 is 0. The van der Waals surface area contributed by atoms with Crippen molar-refractivity contribution in [3.63, 3.8) is 0 Å². The topological polar surface area (TPSA) is 61.4 Å². The number of carbonyl (C=O) groups excluding carboxylic acids is 1. The van der Waals surface area contributed by atoms with Gasteiger partial charge in [0.05, 0.1) is 0 Å². The standard InChI is InChI=1S/C20H18N2O2/c23-15-9-8-13-4-3-7-19(17(13)11-15)22-20(24)10-14-12-21-18-6-2-1-5-16(14)18/h1-9,11,14,21,23H,10,12H2,(H,22,24). The van der Waals surface area contributed by atoms with Crippen LogP contribution in [0.3, 0.4) is 0 Å². The van der Waals surface area contributed by atoms with Gasteiger partial charge in [-0.05, 0) is 35.2 Å². The molecule has 0 aliphatic carbocycles. The second-order valence-corrected chi connectivity index (χ2v) is 6.13. The maximum atomic E-state index is 12.5. The van der Waals surface area contributed by atoms with Gasteiger partial charge in [-0.3, -0.25) is 4.79 Å². The number of aromatic hydroxyl groups is 1. The lowest BCUT2D eigenvalue weighted by Gasteiger charge is -2.12. The first-order valence-electron chi connectivity index (χ1n) is 8.05. The molecule has 3 N–H and O–H groups in total. The zero-order valence-corrected chi connectivity index (χ0v) is 13.1. The molecule has 4 nitrogen and oxygen atoms in total. The van der Waals surface area contributed by atoms with Crippen LogP contribution in [-0.4, -0.2) is 17.6 Å². The SMILES string of the molecule is O=C(CC1CNc2ccccc21)Nc1cccc2ccc(O)cc12. The van der Waals surface area contributed by atoms with Crippen molar-refractivity contribution >= 4 is 28.1 Å². The number of rotatable bonds is 3. The second-order valence-electron chi connectivity index (χ2n) is 6.13. The van der Waals surface area contributed by atoms with E-state index in [4.69, 9.17) is 0 Å². The maximum Gasteiger partial charge on any atom is 0.225 e. The summed E-state index contributed by atoms with van der Waals surface area (Å²) in [6.07, 6.45) is 0.430. The van der Waals surface area contributed by atoms with Crippen LogP contribution in [0.5, 0.6) is 5.75 Å². The van der Waals surface area contributed by atoms with Gasteiger partial charge in [0, 0.05) is 35.6 Å². The molecule has 4 heteroatoms. The molecule has 0 aromatic heterocycles. The van der Waals surface area contributed by atoms with Crippen molar-refractivity contribution in [2.75, 3.05) is 17.2 Å². The molecule has 0 saturated heterocycles. The van der Waals surface area contributed by atoms with Gasteiger partial charge in [0.15, 0.2) is 0 Å². The van der Waals surface area contributed by atoms with Crippen molar-refractivity contribution < 1.29 is 9.90 Å². The number of anilines is 2. The number of para-hydroxylation sites is 1. The van der Waals surface area contributed by atoms with Crippen LogP contribution in [0.1, 0.15) is 17.9 Å². The van der Waals surface area contributed by atoms with Crippen LogP contribution in [0.25, 0.3) is 10.8 Å². The molecule has 1 amide bonds. The Labute approximate surface area is 140 Å². The molecule has 1 atom stereocenters. The summed E-state index contributed by atoms with van der Waals surface area (Å²) in [4.78, 5) is 12.5. The molecule has 0 fully saturated rings. The molecule has 4 rings (SSSR count). The van der Waals surface area contributed by atoms with Crippen molar-refractivity contribution in [1.82, 2.24) is 0 Å². The van der Waals surface area contributed by atoms with Crippen LogP contribution in [-0.2, 0) is 4.79 Å². The fraction of sp³-hybridized carbons (Fsp3) is 0.150. The van der Waals surface area contributed by atoms with E-state index in [1.807, 2.05) is 42.5 Å². The third-order valence-corrected chi connectivity index (χ3v) is 4.51. The van der Waals surface area contributed by atoms with E-state index in [2.05, 4.69) is 16.7 Å². The Balaban J connectivity index is 1.54. The van der Waals surface area contributed by atoms with E-state index >= 15 is 0 Å². The first-order chi connectivity index (χ1) is 11.7. The monoisotopic (exact) mass is 318 g/mol. The number of nitrogens with one attached hydrogen (secondary N) is 2. The van der Waals surface area contributed by atoms with Crippen LogP contribution >= 0.6 is 0 Å². The minimum Gasteiger partial charge on any atom is -0.508 e. The molecule has 0 bridgehead atoms. The van der Waals surface area contributed by atoms with E-state index in [1.165, 1.54) is 5.56 Å². The Bertz CT molecular complexity index is 920. The van der Waals surface area contributed by atoms with Gasteiger partial charge in [-0.25, -0.2) is 0 Å². The fourth-order valence-corrected chi connectivity index (χ4v) is 3.33. The lowest BCUT2D eigenvalue weighted by atomic mass is 9.97. The molecular weight excluding hydrogens is 300 g/mol. The average Bonchev–Trinajstić information content (AvgIpc) is 2.98. The van der Waals surface area contributed by atoms with Crippen molar-refractivity contribution in [2.45, 2.75) is 12.3 Å². The minimum absolute atomic E-state index is 0.0191. The van der Waals surface area contributed by atoms with Gasteiger partial charge in [-0.1, -0.05) is 36.4 Å². The van der Waals surface area contributed by atoms with Crippen molar-refractivity contribution in [3.8, 4) is 5.75 Å². The predicted molar refractivity (Wildman–Crippen MR) is 96.5 cm³/mol. The molecule has 1 unspecified atom stereocenters. The molecule has 1 heterocycles. The predicted octanol–water partition coefficient (Wildman–Crippen LogP) is 4.08. The third kappa shape index (κ3) is 2.67. The second kappa shape index (κ2) is 5.89. The van der Waals surface area contributed by atoms with Crippen molar-refractivity contribution in [3.05, 3.63) is 66.2 Å². The fourth-order valence-electron chi connectivity index (χ4n) is 3.33. The smallest absolute Gasteiger partial charge is 0.225 e. The van der Waals surface area contributed by atoms with E-state index in [9.17, 15) is 9.90 Å². The zero-order valence-electron chi connectivity index (χ0n) is 13.1. The van der Waals surface area contributed by atoms with Gasteiger partial charge in [-0.15, -0.1) is 0 Å². The van der Waals surface area contributed by atoms with Gasteiger partial charge in [0.2, 0.25) is 5.91 Å². The molecule has 0 spiro atoms. The number of amides is 1. The van der Waals surface area contributed by atoms with Gasteiger partial charge < -0.3 is 15.7 Å². The van der Waals surface area contributed by atoms with Crippen LogP contribution in [0.2, 0.25) is 0 Å². The summed E-state index contributed by atoms with van der Waals surface area (Å²) in [6.45, 7) is 0.781. The Morgan fingerprint density at radius 3 is 2.92 bits per heavy atom. The molecule has 3 aromatic carbocycles. The minimum atomic E-state index is -0.0191. The zero-order chi connectivity index (χ0) is 16.5. The first kappa shape index (κ1) is 14.6.